The van der Waals surface area contributed by atoms with Gasteiger partial charge in [0.05, 0.1) is 17.1 Å². The number of carbonyl (C=O) groups excluding carboxylic acids is 1. The second kappa shape index (κ2) is 8.55. The summed E-state index contributed by atoms with van der Waals surface area (Å²) in [7, 11) is 0. The first kappa shape index (κ1) is 21.0. The van der Waals surface area contributed by atoms with E-state index in [9.17, 15) is 15.2 Å². The molecule has 0 radical (unpaired) electrons. The number of likely N-dealkylation sites (tertiary alicyclic amines) is 1. The Labute approximate surface area is 189 Å². The Morgan fingerprint density at radius 1 is 1.06 bits per heavy atom. The van der Waals surface area contributed by atoms with Crippen LogP contribution in [-0.4, -0.2) is 52.7 Å². The van der Waals surface area contributed by atoms with Crippen LogP contribution < -0.4 is 4.90 Å². The summed E-state index contributed by atoms with van der Waals surface area (Å²) in [6.45, 7) is 2.25. The Kier molecular flexibility index (Phi) is 5.60. The molecular formula is C26H30N4O2. The van der Waals surface area contributed by atoms with E-state index in [-0.39, 0.29) is 23.5 Å². The quantitative estimate of drug-likeness (QED) is 0.802. The standard InChI is InChI=1S/C26H30N4O2/c27-16-20-15-21(19-5-2-1-3-6-19)17-28-24(20)29-13-4-11-26(18-29)12-14-30(25(26)32)22-7-9-23(31)10-8-22/h1-3,5-6,15,17,22-23,31H,4,7-14,18H2. The van der Waals surface area contributed by atoms with Crippen molar-refractivity contribution in [1.29, 1.82) is 5.26 Å². The van der Waals surface area contributed by atoms with Gasteiger partial charge in [-0.1, -0.05) is 30.3 Å². The molecule has 32 heavy (non-hydrogen) atoms. The van der Waals surface area contributed by atoms with Crippen molar-refractivity contribution < 1.29 is 9.90 Å². The summed E-state index contributed by atoms with van der Waals surface area (Å²) in [6, 6.07) is 14.5. The van der Waals surface area contributed by atoms with Crippen LogP contribution in [0, 0.1) is 16.7 Å². The van der Waals surface area contributed by atoms with Crippen molar-refractivity contribution in [3.05, 3.63) is 48.2 Å². The highest BCUT2D eigenvalue weighted by Gasteiger charge is 2.51. The summed E-state index contributed by atoms with van der Waals surface area (Å²) in [5, 5.41) is 19.7. The van der Waals surface area contributed by atoms with Crippen molar-refractivity contribution in [2.45, 2.75) is 57.1 Å². The van der Waals surface area contributed by atoms with E-state index in [1.54, 1.807) is 0 Å². The second-order valence-corrected chi connectivity index (χ2v) is 9.59. The lowest BCUT2D eigenvalue weighted by molar-refractivity contribution is -0.139. The maximum atomic E-state index is 13.6. The van der Waals surface area contributed by atoms with Crippen molar-refractivity contribution in [1.82, 2.24) is 9.88 Å². The molecule has 5 rings (SSSR count). The van der Waals surface area contributed by atoms with Crippen LogP contribution >= 0.6 is 0 Å². The maximum Gasteiger partial charge on any atom is 0.230 e. The Balaban J connectivity index is 1.36. The molecule has 166 valence electrons. The van der Waals surface area contributed by atoms with Gasteiger partial charge in [0.2, 0.25) is 5.91 Å². The molecule has 2 aliphatic heterocycles. The SMILES string of the molecule is N#Cc1cc(-c2ccccc2)cnc1N1CCCC2(CCN(C3CCC(O)CC3)C2=O)C1. The average Bonchev–Trinajstić information content (AvgIpc) is 3.15. The first-order valence-electron chi connectivity index (χ1n) is 11.8. The third-order valence-electron chi connectivity index (χ3n) is 7.62. The summed E-state index contributed by atoms with van der Waals surface area (Å²) in [4.78, 5) is 22.5. The molecule has 1 atom stereocenters. The van der Waals surface area contributed by atoms with Gasteiger partial charge in [0.1, 0.15) is 11.9 Å². The minimum absolute atomic E-state index is 0.211. The van der Waals surface area contributed by atoms with Gasteiger partial charge in [0.15, 0.2) is 0 Å². The van der Waals surface area contributed by atoms with Crippen molar-refractivity contribution in [3.8, 4) is 17.2 Å². The average molecular weight is 431 g/mol. The molecule has 3 fully saturated rings. The lowest BCUT2D eigenvalue weighted by Gasteiger charge is -2.41. The molecule has 1 unspecified atom stereocenters. The van der Waals surface area contributed by atoms with Crippen LogP contribution in [0.5, 0.6) is 0 Å². The Bertz CT molecular complexity index is 1030. The van der Waals surface area contributed by atoms with Crippen molar-refractivity contribution >= 4 is 11.7 Å². The van der Waals surface area contributed by atoms with E-state index in [0.717, 1.165) is 69.2 Å². The van der Waals surface area contributed by atoms with E-state index in [2.05, 4.69) is 15.9 Å². The maximum absolute atomic E-state index is 13.6. The number of anilines is 1. The molecule has 1 aromatic heterocycles. The third kappa shape index (κ3) is 3.75. The lowest BCUT2D eigenvalue weighted by atomic mass is 9.78. The Morgan fingerprint density at radius 2 is 1.84 bits per heavy atom. The van der Waals surface area contributed by atoms with Gasteiger partial charge in [-0.2, -0.15) is 5.26 Å². The van der Waals surface area contributed by atoms with E-state index in [4.69, 9.17) is 4.98 Å². The van der Waals surface area contributed by atoms with Gasteiger partial charge in [-0.15, -0.1) is 0 Å². The number of aromatic nitrogens is 1. The number of aliphatic hydroxyl groups excluding tert-OH is 1. The molecule has 6 nitrogen and oxygen atoms in total. The smallest absolute Gasteiger partial charge is 0.230 e. The Morgan fingerprint density at radius 3 is 2.59 bits per heavy atom. The van der Waals surface area contributed by atoms with Crippen molar-refractivity contribution in [2.24, 2.45) is 5.41 Å². The molecule has 1 aliphatic carbocycles. The molecule has 3 aliphatic rings. The van der Waals surface area contributed by atoms with Gasteiger partial charge in [0.25, 0.3) is 0 Å². The normalized spacial score (nSPS) is 28.2. The number of aliphatic hydroxyl groups is 1. The summed E-state index contributed by atoms with van der Waals surface area (Å²) in [5.74, 6) is 0.960. The number of piperidine rings is 1. The van der Waals surface area contributed by atoms with Gasteiger partial charge in [-0.05, 0) is 56.6 Å². The molecule has 6 heteroatoms. The van der Waals surface area contributed by atoms with Crippen LogP contribution in [0.25, 0.3) is 11.1 Å². The van der Waals surface area contributed by atoms with Crippen LogP contribution in [0.4, 0.5) is 5.82 Å². The van der Waals surface area contributed by atoms with Gasteiger partial charge >= 0.3 is 0 Å². The van der Waals surface area contributed by atoms with Crippen molar-refractivity contribution in [3.63, 3.8) is 0 Å². The van der Waals surface area contributed by atoms with Gasteiger partial charge in [0, 0.05) is 37.4 Å². The van der Waals surface area contributed by atoms with Crippen LogP contribution in [-0.2, 0) is 4.79 Å². The molecule has 0 bridgehead atoms. The van der Waals surface area contributed by atoms with Crippen LogP contribution in [0.15, 0.2) is 42.6 Å². The fourth-order valence-electron chi connectivity index (χ4n) is 5.84. The third-order valence-corrected chi connectivity index (χ3v) is 7.62. The predicted molar refractivity (Wildman–Crippen MR) is 123 cm³/mol. The number of nitrogens with zero attached hydrogens (tertiary/aromatic N) is 4. The topological polar surface area (TPSA) is 80.5 Å². The van der Waals surface area contributed by atoms with Crippen LogP contribution in [0.3, 0.4) is 0 Å². The van der Waals surface area contributed by atoms with E-state index in [1.807, 2.05) is 42.6 Å². The summed E-state index contributed by atoms with van der Waals surface area (Å²) in [5.41, 5.74) is 2.16. The molecule has 1 N–H and O–H groups in total. The second-order valence-electron chi connectivity index (χ2n) is 9.59. The molecule has 1 spiro atoms. The number of nitriles is 1. The van der Waals surface area contributed by atoms with Crippen LogP contribution in [0.1, 0.15) is 50.5 Å². The summed E-state index contributed by atoms with van der Waals surface area (Å²) in [6.07, 6.45) is 7.69. The highest BCUT2D eigenvalue weighted by atomic mass is 16.3. The fourth-order valence-corrected chi connectivity index (χ4v) is 5.84. The Hall–Kier alpha value is -2.91. The largest absolute Gasteiger partial charge is 0.393 e. The molecule has 1 amide bonds. The van der Waals surface area contributed by atoms with E-state index in [1.165, 1.54) is 0 Å². The van der Waals surface area contributed by atoms with E-state index < -0.39 is 0 Å². The number of hydrogen-bond acceptors (Lipinski definition) is 5. The molecule has 1 aromatic carbocycles. The molecular weight excluding hydrogens is 400 g/mol. The molecule has 3 heterocycles. The van der Waals surface area contributed by atoms with Crippen LogP contribution in [0.2, 0.25) is 0 Å². The lowest BCUT2D eigenvalue weighted by Crippen LogP contribution is -2.50. The molecule has 1 saturated carbocycles. The zero-order chi connectivity index (χ0) is 22.1. The van der Waals surface area contributed by atoms with E-state index >= 15 is 0 Å². The number of amides is 1. The van der Waals surface area contributed by atoms with Gasteiger partial charge in [-0.25, -0.2) is 4.98 Å². The number of carbonyl (C=O) groups is 1. The fraction of sp³-hybridized carbons (Fsp3) is 0.500. The zero-order valence-electron chi connectivity index (χ0n) is 18.4. The zero-order valence-corrected chi connectivity index (χ0v) is 18.4. The van der Waals surface area contributed by atoms with Gasteiger partial charge in [-0.3, -0.25) is 4.79 Å². The minimum atomic E-state index is -0.374. The summed E-state index contributed by atoms with van der Waals surface area (Å²) >= 11 is 0. The first-order chi connectivity index (χ1) is 15.6. The summed E-state index contributed by atoms with van der Waals surface area (Å²) < 4.78 is 0. The van der Waals surface area contributed by atoms with E-state index in [0.29, 0.717) is 17.9 Å². The van der Waals surface area contributed by atoms with Gasteiger partial charge < -0.3 is 14.9 Å². The number of benzene rings is 1. The molecule has 2 aromatic rings. The number of pyridine rings is 1. The minimum Gasteiger partial charge on any atom is -0.393 e. The van der Waals surface area contributed by atoms with Crippen molar-refractivity contribution in [2.75, 3.05) is 24.5 Å². The number of rotatable bonds is 3. The predicted octanol–water partition coefficient (Wildman–Crippen LogP) is 3.74. The molecule has 2 saturated heterocycles. The number of hydrogen-bond donors (Lipinski definition) is 1. The first-order valence-corrected chi connectivity index (χ1v) is 11.8. The monoisotopic (exact) mass is 430 g/mol. The highest BCUT2D eigenvalue weighted by molar-refractivity contribution is 5.86. The highest BCUT2D eigenvalue weighted by Crippen LogP contribution is 2.43.